The third kappa shape index (κ3) is 3.91. The van der Waals surface area contributed by atoms with Crippen LogP contribution < -0.4 is 14.8 Å². The van der Waals surface area contributed by atoms with Crippen molar-refractivity contribution in [1.29, 1.82) is 0 Å². The number of likely N-dealkylation sites (tertiary alicyclic amines) is 1. The molecule has 0 bridgehead atoms. The number of aryl methyl sites for hydroxylation is 1. The summed E-state index contributed by atoms with van der Waals surface area (Å²) in [6, 6.07) is 7.12. The van der Waals surface area contributed by atoms with E-state index in [2.05, 4.69) is 22.2 Å². The highest BCUT2D eigenvalue weighted by Crippen LogP contribution is 2.37. The molecule has 2 saturated heterocycles. The maximum Gasteiger partial charge on any atom is 0.325 e. The molecule has 2 fully saturated rings. The van der Waals surface area contributed by atoms with Gasteiger partial charge >= 0.3 is 6.03 Å². The molecule has 182 valence electrons. The summed E-state index contributed by atoms with van der Waals surface area (Å²) >= 11 is 0. The van der Waals surface area contributed by atoms with Crippen LogP contribution in [0.3, 0.4) is 0 Å². The number of aromatic nitrogens is 2. The number of carbonyl (C=O) groups excluding carboxylic acids is 2. The van der Waals surface area contributed by atoms with Gasteiger partial charge < -0.3 is 14.8 Å². The monoisotopic (exact) mass is 467 g/mol. The van der Waals surface area contributed by atoms with E-state index >= 15 is 0 Å². The first-order valence-corrected chi connectivity index (χ1v) is 12.1. The first-order chi connectivity index (χ1) is 16.4. The molecule has 0 aliphatic carbocycles. The maximum absolute atomic E-state index is 13.6. The summed E-state index contributed by atoms with van der Waals surface area (Å²) in [6.07, 6.45) is 3.85. The zero-order chi connectivity index (χ0) is 23.9. The van der Waals surface area contributed by atoms with E-state index in [0.29, 0.717) is 24.5 Å². The number of rotatable bonds is 6. The Hall–Kier alpha value is -3.07. The Bertz CT molecular complexity index is 1080. The number of hydrogen-bond donors (Lipinski definition) is 1. The van der Waals surface area contributed by atoms with Gasteiger partial charge in [-0.3, -0.25) is 19.3 Å². The topological polar surface area (TPSA) is 88.9 Å². The maximum atomic E-state index is 13.6. The molecule has 2 atom stereocenters. The Kier molecular flexibility index (Phi) is 5.97. The average molecular weight is 468 g/mol. The summed E-state index contributed by atoms with van der Waals surface area (Å²) in [5.41, 5.74) is 1.57. The third-order valence-electron chi connectivity index (χ3n) is 7.73. The van der Waals surface area contributed by atoms with Gasteiger partial charge in [0.2, 0.25) is 0 Å². The Balaban J connectivity index is 1.23. The van der Waals surface area contributed by atoms with Crippen molar-refractivity contribution >= 4 is 11.9 Å². The summed E-state index contributed by atoms with van der Waals surface area (Å²) in [4.78, 5) is 30.3. The SMILES string of the molecule is CC[C@]1(C2CCN(Cc3cnn(C)c3C)CC2)NC(=O)N(C[C@H]2COc3ccccc3O2)C1=O. The number of nitrogens with one attached hydrogen (secondary N) is 1. The van der Waals surface area contributed by atoms with Crippen LogP contribution in [-0.2, 0) is 18.4 Å². The van der Waals surface area contributed by atoms with Crippen molar-refractivity contribution < 1.29 is 19.1 Å². The summed E-state index contributed by atoms with van der Waals surface area (Å²) in [7, 11) is 1.96. The molecular weight excluding hydrogens is 434 g/mol. The lowest BCUT2D eigenvalue weighted by atomic mass is 9.75. The summed E-state index contributed by atoms with van der Waals surface area (Å²) in [5, 5.41) is 7.43. The third-order valence-corrected chi connectivity index (χ3v) is 7.73. The van der Waals surface area contributed by atoms with E-state index in [1.54, 1.807) is 0 Å². The molecule has 9 nitrogen and oxygen atoms in total. The second-order valence-corrected chi connectivity index (χ2v) is 9.60. The van der Waals surface area contributed by atoms with Crippen molar-refractivity contribution in [2.45, 2.75) is 51.3 Å². The Labute approximate surface area is 200 Å². The van der Waals surface area contributed by atoms with Gasteiger partial charge in [-0.2, -0.15) is 5.10 Å². The first kappa shape index (κ1) is 22.7. The lowest BCUT2D eigenvalue weighted by molar-refractivity contribution is -0.135. The summed E-state index contributed by atoms with van der Waals surface area (Å²) in [6.45, 7) is 7.20. The van der Waals surface area contributed by atoms with Crippen molar-refractivity contribution in [3.05, 3.63) is 41.7 Å². The van der Waals surface area contributed by atoms with E-state index in [1.807, 2.05) is 49.1 Å². The Morgan fingerprint density at radius 3 is 2.59 bits per heavy atom. The van der Waals surface area contributed by atoms with Crippen LogP contribution in [-0.4, -0.2) is 69.4 Å². The minimum atomic E-state index is -0.846. The summed E-state index contributed by atoms with van der Waals surface area (Å²) in [5.74, 6) is 1.30. The number of nitrogens with zero attached hydrogens (tertiary/aromatic N) is 4. The summed E-state index contributed by atoms with van der Waals surface area (Å²) < 4.78 is 13.7. The number of carbonyl (C=O) groups is 2. The van der Waals surface area contributed by atoms with Crippen LogP contribution in [0, 0.1) is 12.8 Å². The van der Waals surface area contributed by atoms with Gasteiger partial charge in [-0.15, -0.1) is 0 Å². The molecule has 3 aliphatic heterocycles. The molecule has 9 heteroatoms. The highest BCUT2D eigenvalue weighted by Gasteiger charge is 2.55. The van der Waals surface area contributed by atoms with Crippen LogP contribution in [0.4, 0.5) is 4.79 Å². The minimum absolute atomic E-state index is 0.106. The quantitative estimate of drug-likeness (QED) is 0.657. The van der Waals surface area contributed by atoms with Crippen molar-refractivity contribution in [3.8, 4) is 11.5 Å². The van der Waals surface area contributed by atoms with Crippen molar-refractivity contribution in [1.82, 2.24) is 24.9 Å². The highest BCUT2D eigenvalue weighted by atomic mass is 16.6. The molecule has 34 heavy (non-hydrogen) atoms. The van der Waals surface area contributed by atoms with E-state index in [0.717, 1.165) is 32.5 Å². The highest BCUT2D eigenvalue weighted by molar-refractivity contribution is 6.07. The first-order valence-electron chi connectivity index (χ1n) is 12.1. The van der Waals surface area contributed by atoms with Gasteiger partial charge in [0.05, 0.1) is 12.7 Å². The minimum Gasteiger partial charge on any atom is -0.486 e. The largest absolute Gasteiger partial charge is 0.486 e. The van der Waals surface area contributed by atoms with Crippen LogP contribution in [0.5, 0.6) is 11.5 Å². The number of hydrogen-bond acceptors (Lipinski definition) is 6. The van der Waals surface area contributed by atoms with Crippen LogP contribution in [0.2, 0.25) is 0 Å². The van der Waals surface area contributed by atoms with E-state index in [-0.39, 0.29) is 30.5 Å². The number of ether oxygens (including phenoxy) is 2. The molecule has 0 spiro atoms. The number of urea groups is 1. The Morgan fingerprint density at radius 2 is 1.91 bits per heavy atom. The van der Waals surface area contributed by atoms with Crippen molar-refractivity contribution in [2.75, 3.05) is 26.2 Å². The molecule has 0 radical (unpaired) electrons. The zero-order valence-electron chi connectivity index (χ0n) is 20.1. The molecule has 1 aromatic carbocycles. The molecule has 3 aliphatic rings. The Morgan fingerprint density at radius 1 is 1.18 bits per heavy atom. The van der Waals surface area contributed by atoms with Gasteiger partial charge in [-0.05, 0) is 57.3 Å². The number of benzene rings is 1. The molecule has 4 heterocycles. The second kappa shape index (κ2) is 8.94. The molecular formula is C25H33N5O4. The fraction of sp³-hybridized carbons (Fsp3) is 0.560. The van der Waals surface area contributed by atoms with Crippen LogP contribution in [0.15, 0.2) is 30.5 Å². The number of fused-ring (bicyclic) bond motifs is 1. The molecule has 3 amide bonds. The molecule has 1 aromatic heterocycles. The van der Waals surface area contributed by atoms with Gasteiger partial charge in [0, 0.05) is 24.8 Å². The predicted molar refractivity (Wildman–Crippen MR) is 126 cm³/mol. The van der Waals surface area contributed by atoms with Gasteiger partial charge in [0.25, 0.3) is 5.91 Å². The smallest absolute Gasteiger partial charge is 0.325 e. The molecule has 0 unspecified atom stereocenters. The number of imide groups is 1. The normalized spacial score (nSPS) is 25.6. The van der Waals surface area contributed by atoms with Crippen LogP contribution >= 0.6 is 0 Å². The second-order valence-electron chi connectivity index (χ2n) is 9.60. The van der Waals surface area contributed by atoms with Gasteiger partial charge in [-0.25, -0.2) is 4.79 Å². The van der Waals surface area contributed by atoms with Gasteiger partial charge in [0.1, 0.15) is 12.1 Å². The van der Waals surface area contributed by atoms with E-state index in [9.17, 15) is 9.59 Å². The van der Waals surface area contributed by atoms with Crippen LogP contribution in [0.1, 0.15) is 37.4 Å². The predicted octanol–water partition coefficient (Wildman–Crippen LogP) is 2.48. The average Bonchev–Trinajstić information content (AvgIpc) is 3.30. The number of piperidine rings is 1. The van der Waals surface area contributed by atoms with E-state index < -0.39 is 5.54 Å². The number of para-hydroxylation sites is 2. The lowest BCUT2D eigenvalue weighted by Gasteiger charge is -2.40. The molecule has 1 N–H and O–H groups in total. The zero-order valence-corrected chi connectivity index (χ0v) is 20.1. The molecule has 0 saturated carbocycles. The van der Waals surface area contributed by atoms with Crippen LogP contribution in [0.25, 0.3) is 0 Å². The van der Waals surface area contributed by atoms with E-state index in [1.165, 1.54) is 16.2 Å². The van der Waals surface area contributed by atoms with Crippen molar-refractivity contribution in [2.24, 2.45) is 13.0 Å². The number of amides is 3. The fourth-order valence-electron chi connectivity index (χ4n) is 5.50. The lowest BCUT2D eigenvalue weighted by Crippen LogP contribution is -2.56. The van der Waals surface area contributed by atoms with Gasteiger partial charge in [0.15, 0.2) is 17.6 Å². The van der Waals surface area contributed by atoms with Gasteiger partial charge in [-0.1, -0.05) is 19.1 Å². The fourth-order valence-corrected chi connectivity index (χ4v) is 5.50. The molecule has 2 aromatic rings. The molecule has 5 rings (SSSR count). The van der Waals surface area contributed by atoms with Crippen molar-refractivity contribution in [3.63, 3.8) is 0 Å². The van der Waals surface area contributed by atoms with E-state index in [4.69, 9.17) is 9.47 Å². The standard InChI is InChI=1S/C25H33N5O4/c1-4-25(19-9-11-29(12-10-19)14-18-13-26-28(3)17(18)2)23(31)30(24(32)27-25)15-20-16-33-21-7-5-6-8-22(21)34-20/h5-8,13,19-20H,4,9-12,14-16H2,1-3H3,(H,27,32)/t20-,25+/m0/s1.